The number of halogens is 1. The smallest absolute Gasteiger partial charge is 0.247 e. The van der Waals surface area contributed by atoms with Gasteiger partial charge in [0.05, 0.1) is 6.54 Å². The van der Waals surface area contributed by atoms with Gasteiger partial charge < -0.3 is 5.32 Å². The monoisotopic (exact) mass is 387 g/mol. The average molecular weight is 387 g/mol. The first-order valence-corrected chi connectivity index (χ1v) is 9.54. The number of hydrogen-bond donors (Lipinski definition) is 1. The maximum absolute atomic E-state index is 13.1. The zero-order valence-corrected chi connectivity index (χ0v) is 15.8. The predicted molar refractivity (Wildman–Crippen MR) is 106 cm³/mol. The van der Waals surface area contributed by atoms with Crippen molar-refractivity contribution in [2.45, 2.75) is 38.6 Å². The summed E-state index contributed by atoms with van der Waals surface area (Å²) in [6.45, 7) is 0.737. The highest BCUT2D eigenvalue weighted by Gasteiger charge is 2.37. The maximum atomic E-state index is 13.1. The highest BCUT2D eigenvalue weighted by Crippen LogP contribution is 2.20. The fourth-order valence-corrected chi connectivity index (χ4v) is 3.46. The number of allylic oxidation sites excluding steroid dienone is 1. The molecule has 0 spiro atoms. The summed E-state index contributed by atoms with van der Waals surface area (Å²) in [7, 11) is 0. The molecule has 2 aliphatic rings. The van der Waals surface area contributed by atoms with Gasteiger partial charge >= 0.3 is 0 Å². The summed E-state index contributed by atoms with van der Waals surface area (Å²) in [5.74, 6) is -2.20. The molecule has 1 N–H and O–H groups in total. The molecule has 1 heterocycles. The summed E-state index contributed by atoms with van der Waals surface area (Å²) < 4.78 is 13.1. The Morgan fingerprint density at radius 1 is 1.26 bits per heavy atom. The highest BCUT2D eigenvalue weighted by molar-refractivity contribution is 7.80. The van der Waals surface area contributed by atoms with E-state index in [0.29, 0.717) is 6.54 Å². The minimum absolute atomic E-state index is 0.0614. The molecular formula is C20H22FN3O2S. The molecule has 0 bridgehead atoms. The van der Waals surface area contributed by atoms with E-state index in [-0.39, 0.29) is 17.5 Å². The summed E-state index contributed by atoms with van der Waals surface area (Å²) in [4.78, 5) is 30.5. The average Bonchev–Trinajstić information content (AvgIpc) is 2.66. The van der Waals surface area contributed by atoms with Gasteiger partial charge in [-0.05, 0) is 62.0 Å². The second-order valence-electron chi connectivity index (χ2n) is 6.74. The maximum Gasteiger partial charge on any atom is 0.247 e. The van der Waals surface area contributed by atoms with Gasteiger partial charge in [0.15, 0.2) is 11.0 Å². The van der Waals surface area contributed by atoms with E-state index >= 15 is 0 Å². The van der Waals surface area contributed by atoms with Crippen molar-refractivity contribution in [3.63, 3.8) is 0 Å². The van der Waals surface area contributed by atoms with Crippen LogP contribution >= 0.6 is 12.2 Å². The quantitative estimate of drug-likeness (QED) is 0.353. The van der Waals surface area contributed by atoms with Crippen molar-refractivity contribution < 1.29 is 14.0 Å². The number of carbonyl (C=O) groups is 2. The van der Waals surface area contributed by atoms with Crippen molar-refractivity contribution in [2.75, 3.05) is 6.54 Å². The van der Waals surface area contributed by atoms with Crippen LogP contribution in [0.25, 0.3) is 0 Å². The van der Waals surface area contributed by atoms with Crippen LogP contribution in [0.2, 0.25) is 0 Å². The van der Waals surface area contributed by atoms with Gasteiger partial charge in [-0.2, -0.15) is 0 Å². The van der Waals surface area contributed by atoms with Crippen molar-refractivity contribution in [1.82, 2.24) is 10.2 Å². The van der Waals surface area contributed by atoms with Crippen LogP contribution in [0.15, 0.2) is 40.9 Å². The number of thiocarbonyl (C=S) groups is 1. The minimum Gasteiger partial charge on any atom is -0.302 e. The number of nitrogens with one attached hydrogen (secondary N) is 1. The van der Waals surface area contributed by atoms with Gasteiger partial charge in [0, 0.05) is 12.8 Å². The van der Waals surface area contributed by atoms with Gasteiger partial charge in [0.1, 0.15) is 5.82 Å². The Hall–Kier alpha value is -2.41. The van der Waals surface area contributed by atoms with Crippen LogP contribution in [0.1, 0.15) is 37.7 Å². The lowest BCUT2D eigenvalue weighted by atomic mass is 9.97. The lowest BCUT2D eigenvalue weighted by molar-refractivity contribution is -0.138. The molecular weight excluding hydrogens is 365 g/mol. The zero-order valence-electron chi connectivity index (χ0n) is 15.0. The van der Waals surface area contributed by atoms with E-state index < -0.39 is 17.7 Å². The summed E-state index contributed by atoms with van der Waals surface area (Å²) in [5, 5.41) is 2.61. The third-order valence-electron chi connectivity index (χ3n) is 4.75. The van der Waals surface area contributed by atoms with Gasteiger partial charge in [-0.15, -0.1) is 0 Å². The van der Waals surface area contributed by atoms with Gasteiger partial charge in [-0.3, -0.25) is 19.5 Å². The van der Waals surface area contributed by atoms with Crippen LogP contribution in [0, 0.1) is 11.7 Å². The van der Waals surface area contributed by atoms with E-state index in [0.717, 1.165) is 24.8 Å². The third-order valence-corrected chi connectivity index (χ3v) is 5.07. The molecule has 1 fully saturated rings. The molecule has 0 aromatic heterocycles. The number of hydrogen-bond acceptors (Lipinski definition) is 4. The molecule has 27 heavy (non-hydrogen) atoms. The first-order chi connectivity index (χ1) is 13.0. The lowest BCUT2D eigenvalue weighted by Crippen LogP contribution is -2.57. The van der Waals surface area contributed by atoms with E-state index in [1.165, 1.54) is 41.7 Å². The number of aliphatic imine (C=N–C) groups is 1. The molecule has 142 valence electrons. The van der Waals surface area contributed by atoms with Crippen LogP contribution in [0.5, 0.6) is 0 Å². The van der Waals surface area contributed by atoms with E-state index in [1.807, 2.05) is 0 Å². The van der Waals surface area contributed by atoms with Crippen molar-refractivity contribution in [2.24, 2.45) is 10.9 Å². The number of amides is 2. The molecule has 0 unspecified atom stereocenters. The Bertz CT molecular complexity index is 789. The van der Waals surface area contributed by atoms with Crippen LogP contribution in [-0.4, -0.2) is 34.6 Å². The van der Waals surface area contributed by atoms with Gasteiger partial charge in [-0.25, -0.2) is 4.39 Å². The molecule has 3 rings (SSSR count). The van der Waals surface area contributed by atoms with E-state index in [1.54, 1.807) is 12.1 Å². The molecule has 1 saturated heterocycles. The van der Waals surface area contributed by atoms with Crippen molar-refractivity contribution >= 4 is 35.4 Å². The molecule has 1 aliphatic heterocycles. The summed E-state index contributed by atoms with van der Waals surface area (Å²) in [6.07, 6.45) is 9.23. The standard InChI is InChI=1S/C20H22FN3O2S/c21-16-8-6-15(7-9-16)13-24-19(26)17(18(25)23-20(24)27)12-22-11-10-14-4-2-1-3-5-14/h4,6-9,12,17H,1-3,5,10-11,13H2,(H,23,25,27)/t17-/m1/s1. The SMILES string of the molecule is O=C1NC(=S)N(Cc2ccc(F)cc2)C(=O)[C@@H]1C=NCCC1=CCCCC1. The largest absolute Gasteiger partial charge is 0.302 e. The van der Waals surface area contributed by atoms with E-state index in [9.17, 15) is 14.0 Å². The number of nitrogens with zero attached hydrogens (tertiary/aromatic N) is 2. The van der Waals surface area contributed by atoms with Crippen LogP contribution in [-0.2, 0) is 16.1 Å². The molecule has 1 atom stereocenters. The molecule has 2 amide bonds. The van der Waals surface area contributed by atoms with E-state index in [2.05, 4.69) is 16.4 Å². The molecule has 0 saturated carbocycles. The Kier molecular flexibility index (Phi) is 6.45. The first kappa shape index (κ1) is 19.4. The molecule has 7 heteroatoms. The highest BCUT2D eigenvalue weighted by atomic mass is 32.1. The third kappa shape index (κ3) is 5.07. The first-order valence-electron chi connectivity index (χ1n) is 9.13. The van der Waals surface area contributed by atoms with Crippen molar-refractivity contribution in [3.05, 3.63) is 47.3 Å². The minimum atomic E-state index is -0.988. The summed E-state index contributed by atoms with van der Waals surface area (Å²) in [5.41, 5.74) is 2.13. The lowest BCUT2D eigenvalue weighted by Gasteiger charge is -2.31. The molecule has 1 aromatic carbocycles. The topological polar surface area (TPSA) is 61.8 Å². The Labute approximate surface area is 163 Å². The number of benzene rings is 1. The van der Waals surface area contributed by atoms with Gasteiger partial charge in [0.25, 0.3) is 0 Å². The molecule has 5 nitrogen and oxygen atoms in total. The van der Waals surface area contributed by atoms with Crippen LogP contribution in [0.4, 0.5) is 4.39 Å². The fourth-order valence-electron chi connectivity index (χ4n) is 3.20. The van der Waals surface area contributed by atoms with Crippen LogP contribution < -0.4 is 5.32 Å². The van der Waals surface area contributed by atoms with Crippen molar-refractivity contribution in [3.8, 4) is 0 Å². The van der Waals surface area contributed by atoms with Crippen molar-refractivity contribution in [1.29, 1.82) is 0 Å². The van der Waals surface area contributed by atoms with Gasteiger partial charge in [-0.1, -0.05) is 23.8 Å². The Morgan fingerprint density at radius 3 is 2.74 bits per heavy atom. The molecule has 1 aromatic rings. The van der Waals surface area contributed by atoms with Gasteiger partial charge in [0.2, 0.25) is 11.8 Å². The number of rotatable bonds is 6. The Morgan fingerprint density at radius 2 is 2.04 bits per heavy atom. The normalized spacial score (nSPS) is 20.8. The van der Waals surface area contributed by atoms with Crippen LogP contribution in [0.3, 0.4) is 0 Å². The zero-order chi connectivity index (χ0) is 19.2. The molecule has 1 aliphatic carbocycles. The second kappa shape index (κ2) is 8.99. The second-order valence-corrected chi connectivity index (χ2v) is 7.12. The number of carbonyl (C=O) groups excluding carboxylic acids is 2. The molecule has 0 radical (unpaired) electrons. The summed E-state index contributed by atoms with van der Waals surface area (Å²) in [6, 6.07) is 5.82. The fraction of sp³-hybridized carbons (Fsp3) is 0.400. The Balaban J connectivity index is 1.62. The predicted octanol–water partition coefficient (Wildman–Crippen LogP) is 3.15. The van der Waals surface area contributed by atoms with E-state index in [4.69, 9.17) is 12.2 Å². The summed E-state index contributed by atoms with van der Waals surface area (Å²) >= 11 is 5.13.